The number of nitrogens with zero attached hydrogens (tertiary/aromatic N) is 1. The van der Waals surface area contributed by atoms with E-state index < -0.39 is 0 Å². The molecule has 0 atom stereocenters. The van der Waals surface area contributed by atoms with Crippen LogP contribution >= 0.6 is 0 Å². The number of ether oxygens (including phenoxy) is 1. The highest BCUT2D eigenvalue weighted by Gasteiger charge is 2.20. The fourth-order valence-electron chi connectivity index (χ4n) is 2.83. The molecule has 0 aromatic heterocycles. The van der Waals surface area contributed by atoms with Crippen LogP contribution in [0.3, 0.4) is 0 Å². The van der Waals surface area contributed by atoms with Gasteiger partial charge in [0.25, 0.3) is 0 Å². The first-order valence-corrected chi connectivity index (χ1v) is 7.12. The Labute approximate surface area is 105 Å². The summed E-state index contributed by atoms with van der Waals surface area (Å²) in [5.41, 5.74) is 5.58. The molecule has 0 aromatic carbocycles. The van der Waals surface area contributed by atoms with Gasteiger partial charge in [-0.25, -0.2) is 0 Å². The summed E-state index contributed by atoms with van der Waals surface area (Å²) in [4.78, 5) is 2.49. The van der Waals surface area contributed by atoms with Crippen LogP contribution < -0.4 is 11.1 Å². The zero-order valence-corrected chi connectivity index (χ0v) is 10.9. The maximum atomic E-state index is 5.58. The summed E-state index contributed by atoms with van der Waals surface area (Å²) in [6.07, 6.45) is 5.03. The lowest BCUT2D eigenvalue weighted by Crippen LogP contribution is -2.42. The van der Waals surface area contributed by atoms with E-state index >= 15 is 0 Å². The molecule has 4 nitrogen and oxygen atoms in total. The van der Waals surface area contributed by atoms with Crippen molar-refractivity contribution in [2.24, 2.45) is 11.7 Å². The molecule has 3 N–H and O–H groups in total. The van der Waals surface area contributed by atoms with Crippen molar-refractivity contribution in [3.8, 4) is 0 Å². The van der Waals surface area contributed by atoms with Gasteiger partial charge in [-0.1, -0.05) is 0 Å². The molecule has 0 aliphatic carbocycles. The number of hydrogen-bond donors (Lipinski definition) is 2. The van der Waals surface area contributed by atoms with Crippen molar-refractivity contribution in [2.45, 2.75) is 31.7 Å². The van der Waals surface area contributed by atoms with Gasteiger partial charge in [0, 0.05) is 32.3 Å². The highest BCUT2D eigenvalue weighted by molar-refractivity contribution is 4.77. The Morgan fingerprint density at radius 1 is 1.12 bits per heavy atom. The van der Waals surface area contributed by atoms with Crippen LogP contribution in [-0.4, -0.2) is 56.9 Å². The van der Waals surface area contributed by atoms with Gasteiger partial charge in [0.05, 0.1) is 0 Å². The monoisotopic (exact) mass is 241 g/mol. The zero-order valence-electron chi connectivity index (χ0n) is 10.9. The van der Waals surface area contributed by atoms with Crippen molar-refractivity contribution < 1.29 is 4.74 Å². The summed E-state index contributed by atoms with van der Waals surface area (Å²) in [6.45, 7) is 7.40. The molecule has 0 amide bonds. The maximum Gasteiger partial charge on any atom is 0.0480 e. The van der Waals surface area contributed by atoms with E-state index in [0.717, 1.165) is 32.2 Å². The quantitative estimate of drug-likeness (QED) is 0.733. The lowest BCUT2D eigenvalue weighted by molar-refractivity contribution is 0.0753. The molecule has 2 heterocycles. The SMILES string of the molecule is NCCN1CCC(CNC2CCOCC2)CC1. The Hall–Kier alpha value is -0.160. The average molecular weight is 241 g/mol. The summed E-state index contributed by atoms with van der Waals surface area (Å²) in [7, 11) is 0. The molecule has 17 heavy (non-hydrogen) atoms. The number of piperidine rings is 1. The number of rotatable bonds is 5. The predicted octanol–water partition coefficient (Wildman–Crippen LogP) is 0.426. The van der Waals surface area contributed by atoms with E-state index in [0.29, 0.717) is 6.04 Å². The van der Waals surface area contributed by atoms with Crippen LogP contribution in [0.25, 0.3) is 0 Å². The van der Waals surface area contributed by atoms with Crippen molar-refractivity contribution in [3.63, 3.8) is 0 Å². The molecule has 4 heteroatoms. The van der Waals surface area contributed by atoms with E-state index in [2.05, 4.69) is 10.2 Å². The molecule has 2 fully saturated rings. The molecule has 100 valence electrons. The summed E-state index contributed by atoms with van der Waals surface area (Å²) < 4.78 is 5.37. The van der Waals surface area contributed by atoms with E-state index in [9.17, 15) is 0 Å². The zero-order chi connectivity index (χ0) is 11.9. The van der Waals surface area contributed by atoms with Gasteiger partial charge >= 0.3 is 0 Å². The van der Waals surface area contributed by atoms with Crippen molar-refractivity contribution in [2.75, 3.05) is 45.9 Å². The minimum Gasteiger partial charge on any atom is -0.381 e. The molecule has 0 spiro atoms. The Morgan fingerprint density at radius 3 is 2.47 bits per heavy atom. The number of nitrogens with two attached hydrogens (primary N) is 1. The molecule has 0 unspecified atom stereocenters. The number of likely N-dealkylation sites (tertiary alicyclic amines) is 1. The first-order chi connectivity index (χ1) is 8.38. The van der Waals surface area contributed by atoms with Gasteiger partial charge in [0.15, 0.2) is 0 Å². The van der Waals surface area contributed by atoms with Crippen molar-refractivity contribution in [3.05, 3.63) is 0 Å². The Bertz CT molecular complexity index is 199. The second kappa shape index (κ2) is 7.31. The van der Waals surface area contributed by atoms with E-state index in [-0.39, 0.29) is 0 Å². The fraction of sp³-hybridized carbons (Fsp3) is 1.00. The van der Waals surface area contributed by atoms with Crippen molar-refractivity contribution in [1.29, 1.82) is 0 Å². The van der Waals surface area contributed by atoms with Crippen LogP contribution in [-0.2, 0) is 4.74 Å². The van der Waals surface area contributed by atoms with E-state index in [4.69, 9.17) is 10.5 Å². The largest absolute Gasteiger partial charge is 0.381 e. The van der Waals surface area contributed by atoms with Crippen molar-refractivity contribution in [1.82, 2.24) is 10.2 Å². The van der Waals surface area contributed by atoms with Crippen LogP contribution in [0.2, 0.25) is 0 Å². The van der Waals surface area contributed by atoms with Gasteiger partial charge < -0.3 is 20.7 Å². The topological polar surface area (TPSA) is 50.5 Å². The second-order valence-corrected chi connectivity index (χ2v) is 5.37. The number of hydrogen-bond acceptors (Lipinski definition) is 4. The van der Waals surface area contributed by atoms with Crippen LogP contribution in [0, 0.1) is 5.92 Å². The maximum absolute atomic E-state index is 5.58. The Balaban J connectivity index is 1.57. The van der Waals surface area contributed by atoms with Gasteiger partial charge in [0.1, 0.15) is 0 Å². The second-order valence-electron chi connectivity index (χ2n) is 5.37. The van der Waals surface area contributed by atoms with E-state index in [1.807, 2.05) is 0 Å². The molecule has 2 aliphatic rings. The minimum atomic E-state index is 0.700. The molecular formula is C13H27N3O. The van der Waals surface area contributed by atoms with Crippen LogP contribution in [0.5, 0.6) is 0 Å². The Kier molecular flexibility index (Phi) is 5.71. The lowest BCUT2D eigenvalue weighted by atomic mass is 9.96. The minimum absolute atomic E-state index is 0.700. The number of nitrogens with one attached hydrogen (secondary N) is 1. The van der Waals surface area contributed by atoms with Gasteiger partial charge in [0.2, 0.25) is 0 Å². The van der Waals surface area contributed by atoms with Crippen LogP contribution in [0.4, 0.5) is 0 Å². The first-order valence-electron chi connectivity index (χ1n) is 7.12. The highest BCUT2D eigenvalue weighted by atomic mass is 16.5. The highest BCUT2D eigenvalue weighted by Crippen LogP contribution is 2.16. The van der Waals surface area contributed by atoms with Gasteiger partial charge in [-0.3, -0.25) is 0 Å². The van der Waals surface area contributed by atoms with Crippen LogP contribution in [0.1, 0.15) is 25.7 Å². The van der Waals surface area contributed by atoms with Gasteiger partial charge in [-0.2, -0.15) is 0 Å². The standard InChI is InChI=1S/C13H27N3O/c14-5-8-16-6-1-12(2-7-16)11-15-13-3-9-17-10-4-13/h12-13,15H,1-11,14H2. The summed E-state index contributed by atoms with van der Waals surface area (Å²) >= 11 is 0. The van der Waals surface area contributed by atoms with Crippen LogP contribution in [0.15, 0.2) is 0 Å². The fourth-order valence-corrected chi connectivity index (χ4v) is 2.83. The molecular weight excluding hydrogens is 214 g/mol. The molecule has 2 saturated heterocycles. The molecule has 0 radical (unpaired) electrons. The predicted molar refractivity (Wildman–Crippen MR) is 70.1 cm³/mol. The van der Waals surface area contributed by atoms with Gasteiger partial charge in [-0.05, 0) is 51.2 Å². The third-order valence-electron chi connectivity index (χ3n) is 4.07. The molecule has 0 aromatic rings. The average Bonchev–Trinajstić information content (AvgIpc) is 2.40. The smallest absolute Gasteiger partial charge is 0.0480 e. The van der Waals surface area contributed by atoms with Gasteiger partial charge in [-0.15, -0.1) is 0 Å². The van der Waals surface area contributed by atoms with E-state index in [1.54, 1.807) is 0 Å². The normalized spacial score (nSPS) is 25.2. The first kappa shape index (κ1) is 13.3. The Morgan fingerprint density at radius 2 is 1.82 bits per heavy atom. The van der Waals surface area contributed by atoms with E-state index in [1.165, 1.54) is 45.3 Å². The molecule has 2 aliphatic heterocycles. The summed E-state index contributed by atoms with van der Waals surface area (Å²) in [5, 5.41) is 3.71. The van der Waals surface area contributed by atoms with Crippen molar-refractivity contribution >= 4 is 0 Å². The summed E-state index contributed by atoms with van der Waals surface area (Å²) in [5.74, 6) is 0.867. The third-order valence-corrected chi connectivity index (χ3v) is 4.07. The lowest BCUT2D eigenvalue weighted by Gasteiger charge is -2.33. The molecule has 2 rings (SSSR count). The molecule has 0 bridgehead atoms. The molecule has 0 saturated carbocycles. The summed E-state index contributed by atoms with van der Waals surface area (Å²) in [6, 6.07) is 0.700. The third kappa shape index (κ3) is 4.54.